The number of aliphatic hydroxyl groups is 1. The van der Waals surface area contributed by atoms with E-state index in [2.05, 4.69) is 32.8 Å². The molecule has 0 aliphatic carbocycles. The summed E-state index contributed by atoms with van der Waals surface area (Å²) in [6, 6.07) is 3.64. The van der Waals surface area contributed by atoms with Crippen LogP contribution in [0.5, 0.6) is 0 Å². The van der Waals surface area contributed by atoms with Crippen molar-refractivity contribution < 1.29 is 14.7 Å². The van der Waals surface area contributed by atoms with Crippen molar-refractivity contribution in [1.82, 2.24) is 20.1 Å². The van der Waals surface area contributed by atoms with Crippen molar-refractivity contribution in [3.63, 3.8) is 0 Å². The van der Waals surface area contributed by atoms with E-state index in [4.69, 9.17) is 0 Å². The van der Waals surface area contributed by atoms with Crippen molar-refractivity contribution in [3.8, 4) is 0 Å². The second-order valence-corrected chi connectivity index (χ2v) is 9.99. The molecule has 2 amide bonds. The summed E-state index contributed by atoms with van der Waals surface area (Å²) in [5.41, 5.74) is 3.23. The van der Waals surface area contributed by atoms with Gasteiger partial charge >= 0.3 is 0 Å². The molecule has 0 spiro atoms. The molecule has 0 aromatic carbocycles. The van der Waals surface area contributed by atoms with E-state index in [9.17, 15) is 14.7 Å². The maximum Gasteiger partial charge on any atom is 0.251 e. The van der Waals surface area contributed by atoms with Gasteiger partial charge in [-0.15, -0.1) is 11.3 Å². The fourth-order valence-corrected chi connectivity index (χ4v) is 5.57. The molecule has 33 heavy (non-hydrogen) atoms. The first-order valence-corrected chi connectivity index (χ1v) is 12.5. The molecular formula is C24H33N5O3S. The normalized spacial score (nSPS) is 18.0. The van der Waals surface area contributed by atoms with Crippen molar-refractivity contribution >= 4 is 29.0 Å². The monoisotopic (exact) mass is 471 g/mol. The van der Waals surface area contributed by atoms with E-state index in [1.54, 1.807) is 25.3 Å². The van der Waals surface area contributed by atoms with Gasteiger partial charge in [0.15, 0.2) is 0 Å². The number of thiophene rings is 1. The highest BCUT2D eigenvalue weighted by atomic mass is 32.1. The summed E-state index contributed by atoms with van der Waals surface area (Å²) in [5.74, 6) is 0.541. The molecule has 3 N–H and O–H groups in total. The Morgan fingerprint density at radius 3 is 2.85 bits per heavy atom. The number of aromatic nitrogens is 1. The van der Waals surface area contributed by atoms with Crippen molar-refractivity contribution in [2.75, 3.05) is 38.0 Å². The van der Waals surface area contributed by atoms with E-state index < -0.39 is 6.10 Å². The molecule has 0 bridgehead atoms. The highest BCUT2D eigenvalue weighted by Crippen LogP contribution is 2.28. The first-order chi connectivity index (χ1) is 15.9. The Balaban J connectivity index is 1.23. The van der Waals surface area contributed by atoms with E-state index in [1.807, 2.05) is 16.2 Å². The lowest BCUT2D eigenvalue weighted by Gasteiger charge is -2.32. The number of likely N-dealkylation sites (tertiary alicyclic amines) is 1. The van der Waals surface area contributed by atoms with E-state index in [-0.39, 0.29) is 24.4 Å². The minimum atomic E-state index is -0.625. The molecule has 178 valence electrons. The van der Waals surface area contributed by atoms with Crippen LogP contribution in [0.15, 0.2) is 23.7 Å². The second-order valence-electron chi connectivity index (χ2n) is 9.02. The molecule has 1 atom stereocenters. The molecule has 0 unspecified atom stereocenters. The zero-order valence-corrected chi connectivity index (χ0v) is 20.2. The standard InChI is InChI=1S/C24H33N5O3S/c1-16-15-33-22-6-8-28(14-21(16)22)13-20(31)12-26-24(32)18-3-7-25-23(11-18)27-19-4-9-29(10-5-19)17(2)30/h3,7,11,15,19-20,31H,4-6,8-10,12-14H2,1-2H3,(H,25,27)(H,26,32)/t20-/m0/s1. The highest BCUT2D eigenvalue weighted by molar-refractivity contribution is 7.10. The van der Waals surface area contributed by atoms with Crippen molar-refractivity contribution in [3.05, 3.63) is 45.3 Å². The number of nitrogens with zero attached hydrogens (tertiary/aromatic N) is 3. The lowest BCUT2D eigenvalue weighted by Crippen LogP contribution is -2.42. The molecule has 2 aromatic heterocycles. The highest BCUT2D eigenvalue weighted by Gasteiger charge is 2.23. The van der Waals surface area contributed by atoms with Crippen LogP contribution in [-0.4, -0.2) is 76.6 Å². The van der Waals surface area contributed by atoms with Gasteiger partial charge in [-0.05, 0) is 54.8 Å². The average molecular weight is 472 g/mol. The summed E-state index contributed by atoms with van der Waals surface area (Å²) in [6.45, 7) is 7.74. The van der Waals surface area contributed by atoms with Crippen LogP contribution in [0.3, 0.4) is 0 Å². The lowest BCUT2D eigenvalue weighted by atomic mass is 10.0. The van der Waals surface area contributed by atoms with Gasteiger partial charge in [-0.3, -0.25) is 14.5 Å². The molecule has 4 rings (SSSR count). The number of nitrogens with one attached hydrogen (secondary N) is 2. The Bertz CT molecular complexity index is 986. The van der Waals surface area contributed by atoms with Crippen molar-refractivity contribution in [2.24, 2.45) is 0 Å². The zero-order chi connectivity index (χ0) is 23.4. The summed E-state index contributed by atoms with van der Waals surface area (Å²) >= 11 is 1.83. The Morgan fingerprint density at radius 2 is 2.09 bits per heavy atom. The molecule has 0 saturated carbocycles. The summed E-state index contributed by atoms with van der Waals surface area (Å²) in [5, 5.41) is 18.9. The molecule has 1 saturated heterocycles. The number of piperidine rings is 1. The maximum absolute atomic E-state index is 12.6. The average Bonchev–Trinajstić information content (AvgIpc) is 3.18. The SMILES string of the molecule is CC(=O)N1CCC(Nc2cc(C(=O)NC[C@H](O)CN3CCc4scc(C)c4C3)ccn2)CC1. The smallest absolute Gasteiger partial charge is 0.251 e. The Morgan fingerprint density at radius 1 is 1.30 bits per heavy atom. The number of fused-ring (bicyclic) bond motifs is 1. The van der Waals surface area contributed by atoms with Crippen LogP contribution in [0, 0.1) is 6.92 Å². The van der Waals surface area contributed by atoms with E-state index >= 15 is 0 Å². The van der Waals surface area contributed by atoms with Crippen LogP contribution >= 0.6 is 11.3 Å². The Hall–Kier alpha value is -2.49. The molecule has 2 aliphatic heterocycles. The summed E-state index contributed by atoms with van der Waals surface area (Å²) < 4.78 is 0. The number of pyridine rings is 1. The third-order valence-electron chi connectivity index (χ3n) is 6.51. The number of aliphatic hydroxyl groups excluding tert-OH is 1. The van der Waals surface area contributed by atoms with E-state index in [1.165, 1.54) is 16.0 Å². The zero-order valence-electron chi connectivity index (χ0n) is 19.3. The number of hydrogen-bond donors (Lipinski definition) is 3. The fourth-order valence-electron chi connectivity index (χ4n) is 4.54. The minimum Gasteiger partial charge on any atom is -0.390 e. The predicted octanol–water partition coefficient (Wildman–Crippen LogP) is 2.02. The number of anilines is 1. The lowest BCUT2D eigenvalue weighted by molar-refractivity contribution is -0.129. The Labute approximate surface area is 199 Å². The van der Waals surface area contributed by atoms with Crippen LogP contribution in [-0.2, 0) is 17.8 Å². The van der Waals surface area contributed by atoms with Gasteiger partial charge in [0.2, 0.25) is 5.91 Å². The van der Waals surface area contributed by atoms with Crippen molar-refractivity contribution in [1.29, 1.82) is 0 Å². The fraction of sp³-hybridized carbons (Fsp3) is 0.542. The van der Waals surface area contributed by atoms with Gasteiger partial charge in [0.25, 0.3) is 5.91 Å². The van der Waals surface area contributed by atoms with Crippen LogP contribution in [0.4, 0.5) is 5.82 Å². The third kappa shape index (κ3) is 6.10. The number of aryl methyl sites for hydroxylation is 1. The van der Waals surface area contributed by atoms with Crippen LogP contribution in [0.25, 0.3) is 0 Å². The summed E-state index contributed by atoms with van der Waals surface area (Å²) in [6.07, 6.45) is 3.72. The summed E-state index contributed by atoms with van der Waals surface area (Å²) in [7, 11) is 0. The molecular weight excluding hydrogens is 438 g/mol. The van der Waals surface area contributed by atoms with Gasteiger partial charge in [0, 0.05) is 68.9 Å². The Kier molecular flexibility index (Phi) is 7.62. The first-order valence-electron chi connectivity index (χ1n) is 11.6. The number of carbonyl (C=O) groups is 2. The van der Waals surface area contributed by atoms with Gasteiger partial charge in [-0.1, -0.05) is 0 Å². The largest absolute Gasteiger partial charge is 0.390 e. The summed E-state index contributed by atoms with van der Waals surface area (Å²) in [4.78, 5) is 34.0. The molecule has 8 nitrogen and oxygen atoms in total. The topological polar surface area (TPSA) is 97.8 Å². The van der Waals surface area contributed by atoms with Crippen LogP contribution < -0.4 is 10.6 Å². The van der Waals surface area contributed by atoms with Gasteiger partial charge < -0.3 is 20.6 Å². The third-order valence-corrected chi connectivity index (χ3v) is 7.72. The molecule has 1 fully saturated rings. The number of carbonyl (C=O) groups excluding carboxylic acids is 2. The van der Waals surface area contributed by atoms with E-state index in [0.717, 1.165) is 45.4 Å². The number of amides is 2. The van der Waals surface area contributed by atoms with Crippen molar-refractivity contribution in [2.45, 2.75) is 51.8 Å². The molecule has 2 aromatic rings. The quantitative estimate of drug-likeness (QED) is 0.572. The second kappa shape index (κ2) is 10.6. The van der Waals surface area contributed by atoms with Gasteiger partial charge in [0.1, 0.15) is 5.82 Å². The maximum atomic E-state index is 12.6. The predicted molar refractivity (Wildman–Crippen MR) is 130 cm³/mol. The van der Waals surface area contributed by atoms with Gasteiger partial charge in [-0.2, -0.15) is 0 Å². The molecule has 0 radical (unpaired) electrons. The van der Waals surface area contributed by atoms with Crippen LogP contribution in [0.2, 0.25) is 0 Å². The molecule has 4 heterocycles. The van der Waals surface area contributed by atoms with Gasteiger partial charge in [-0.25, -0.2) is 4.98 Å². The van der Waals surface area contributed by atoms with Gasteiger partial charge in [0.05, 0.1) is 6.10 Å². The minimum absolute atomic E-state index is 0.110. The number of rotatable bonds is 7. The first kappa shape index (κ1) is 23.7. The molecule has 9 heteroatoms. The molecule has 2 aliphatic rings. The number of hydrogen-bond acceptors (Lipinski definition) is 7. The van der Waals surface area contributed by atoms with Crippen LogP contribution in [0.1, 0.15) is 46.1 Å². The van der Waals surface area contributed by atoms with E-state index in [0.29, 0.717) is 17.9 Å². The number of β-amino-alcohol motifs (C(OH)–C–C–N with tert-alkyl or cyclic N) is 1.